The molecule has 0 aromatic rings. The number of hydrogen-bond donors (Lipinski definition) is 1. The van der Waals surface area contributed by atoms with E-state index < -0.39 is 0 Å². The summed E-state index contributed by atoms with van der Waals surface area (Å²) >= 11 is 0. The highest BCUT2D eigenvalue weighted by atomic mass is 16.5. The van der Waals surface area contributed by atoms with Crippen LogP contribution >= 0.6 is 0 Å². The summed E-state index contributed by atoms with van der Waals surface area (Å²) in [4.78, 5) is 13.9. The summed E-state index contributed by atoms with van der Waals surface area (Å²) in [5, 5.41) is 6.46. The van der Waals surface area contributed by atoms with Crippen molar-refractivity contribution in [1.82, 2.24) is 5.32 Å². The van der Waals surface area contributed by atoms with Crippen LogP contribution in [0.4, 0.5) is 0 Å². The molecule has 0 aliphatic carbocycles. The second-order valence-electron chi connectivity index (χ2n) is 2.81. The minimum atomic E-state index is -0.310. The van der Waals surface area contributed by atoms with Crippen molar-refractivity contribution in [3.8, 4) is 0 Å². The van der Waals surface area contributed by atoms with Gasteiger partial charge in [-0.3, -0.25) is 4.79 Å². The Morgan fingerprint density at radius 1 is 1.85 bits per heavy atom. The SMILES string of the molecule is CCOC(=O)[C@@H]1C[C@H](N=[N+]=[N-])CN1. The Kier molecular flexibility index (Phi) is 3.54. The largest absolute Gasteiger partial charge is 0.465 e. The Balaban J connectivity index is 2.40. The van der Waals surface area contributed by atoms with E-state index in [1.165, 1.54) is 0 Å². The zero-order valence-electron chi connectivity index (χ0n) is 7.43. The summed E-state index contributed by atoms with van der Waals surface area (Å²) in [7, 11) is 0. The molecular weight excluding hydrogens is 172 g/mol. The average Bonchev–Trinajstić information content (AvgIpc) is 2.54. The summed E-state index contributed by atoms with van der Waals surface area (Å²) in [6, 6.07) is -0.435. The molecule has 1 N–H and O–H groups in total. The molecule has 6 nitrogen and oxygen atoms in total. The molecule has 6 heteroatoms. The first-order valence-corrected chi connectivity index (χ1v) is 4.22. The van der Waals surface area contributed by atoms with Gasteiger partial charge in [-0.05, 0) is 18.9 Å². The van der Waals surface area contributed by atoms with Crippen molar-refractivity contribution in [2.45, 2.75) is 25.4 Å². The van der Waals surface area contributed by atoms with E-state index in [9.17, 15) is 4.79 Å². The second-order valence-corrected chi connectivity index (χ2v) is 2.81. The van der Waals surface area contributed by atoms with E-state index in [0.717, 1.165) is 0 Å². The van der Waals surface area contributed by atoms with Gasteiger partial charge in [-0.25, -0.2) is 0 Å². The lowest BCUT2D eigenvalue weighted by Crippen LogP contribution is -2.32. The van der Waals surface area contributed by atoms with Crippen molar-refractivity contribution in [1.29, 1.82) is 0 Å². The highest BCUT2D eigenvalue weighted by Crippen LogP contribution is 2.11. The smallest absolute Gasteiger partial charge is 0.323 e. The number of esters is 1. The average molecular weight is 184 g/mol. The molecule has 1 aliphatic rings. The van der Waals surface area contributed by atoms with Crippen molar-refractivity contribution in [2.24, 2.45) is 5.11 Å². The van der Waals surface area contributed by atoms with Gasteiger partial charge >= 0.3 is 5.97 Å². The zero-order chi connectivity index (χ0) is 9.68. The summed E-state index contributed by atoms with van der Waals surface area (Å²) < 4.78 is 4.82. The number of azide groups is 1. The molecule has 0 unspecified atom stereocenters. The fourth-order valence-corrected chi connectivity index (χ4v) is 1.30. The van der Waals surface area contributed by atoms with E-state index in [2.05, 4.69) is 15.3 Å². The van der Waals surface area contributed by atoms with Crippen molar-refractivity contribution in [3.05, 3.63) is 10.4 Å². The molecule has 0 aromatic carbocycles. The lowest BCUT2D eigenvalue weighted by Gasteiger charge is -2.07. The van der Waals surface area contributed by atoms with E-state index in [-0.39, 0.29) is 18.1 Å². The van der Waals surface area contributed by atoms with Crippen LogP contribution in [0, 0.1) is 0 Å². The molecule has 0 aromatic heterocycles. The maximum atomic E-state index is 11.2. The van der Waals surface area contributed by atoms with Crippen molar-refractivity contribution < 1.29 is 9.53 Å². The van der Waals surface area contributed by atoms with Gasteiger partial charge in [-0.15, -0.1) is 0 Å². The molecule has 1 fully saturated rings. The highest BCUT2D eigenvalue weighted by molar-refractivity contribution is 5.76. The predicted octanol–water partition coefficient (Wildman–Crippen LogP) is 0.590. The van der Waals surface area contributed by atoms with E-state index in [4.69, 9.17) is 10.3 Å². The molecule has 1 rings (SSSR count). The lowest BCUT2D eigenvalue weighted by atomic mass is 10.2. The molecular formula is C7H12N4O2. The van der Waals surface area contributed by atoms with Crippen LogP contribution in [0.15, 0.2) is 5.11 Å². The number of ether oxygens (including phenoxy) is 1. The normalized spacial score (nSPS) is 26.5. The second kappa shape index (κ2) is 4.69. The van der Waals surface area contributed by atoms with Crippen LogP contribution < -0.4 is 5.32 Å². The van der Waals surface area contributed by atoms with Crippen LogP contribution in [0.2, 0.25) is 0 Å². The predicted molar refractivity (Wildman–Crippen MR) is 46.0 cm³/mol. The maximum Gasteiger partial charge on any atom is 0.323 e. The Morgan fingerprint density at radius 3 is 3.23 bits per heavy atom. The van der Waals surface area contributed by atoms with Gasteiger partial charge in [0.15, 0.2) is 0 Å². The number of carbonyl (C=O) groups is 1. The number of nitrogens with one attached hydrogen (secondary N) is 1. The number of nitrogens with zero attached hydrogens (tertiary/aromatic N) is 3. The maximum absolute atomic E-state index is 11.2. The molecule has 0 amide bonds. The molecule has 1 heterocycles. The first-order valence-electron chi connectivity index (χ1n) is 4.22. The molecule has 1 saturated heterocycles. The summed E-state index contributed by atoms with van der Waals surface area (Å²) in [6.07, 6.45) is 0.531. The van der Waals surface area contributed by atoms with Crippen LogP contribution in [0.1, 0.15) is 13.3 Å². The molecule has 0 bridgehead atoms. The van der Waals surface area contributed by atoms with Crippen LogP contribution in [0.5, 0.6) is 0 Å². The van der Waals surface area contributed by atoms with E-state index >= 15 is 0 Å². The lowest BCUT2D eigenvalue weighted by molar-refractivity contribution is -0.145. The molecule has 13 heavy (non-hydrogen) atoms. The first kappa shape index (κ1) is 9.83. The highest BCUT2D eigenvalue weighted by Gasteiger charge is 2.29. The Morgan fingerprint density at radius 2 is 2.62 bits per heavy atom. The van der Waals surface area contributed by atoms with E-state index in [1.807, 2.05) is 0 Å². The Bertz CT molecular complexity index is 237. The molecule has 1 aliphatic heterocycles. The minimum absolute atomic E-state index is 0.126. The molecule has 0 radical (unpaired) electrons. The quantitative estimate of drug-likeness (QED) is 0.301. The summed E-state index contributed by atoms with van der Waals surface area (Å²) in [5.41, 5.74) is 8.17. The third-order valence-electron chi connectivity index (χ3n) is 1.89. The van der Waals surface area contributed by atoms with Gasteiger partial charge < -0.3 is 10.1 Å². The van der Waals surface area contributed by atoms with Gasteiger partial charge in [0.1, 0.15) is 6.04 Å². The van der Waals surface area contributed by atoms with Crippen molar-refractivity contribution >= 4 is 5.97 Å². The van der Waals surface area contributed by atoms with Crippen molar-refractivity contribution in [2.75, 3.05) is 13.2 Å². The molecule has 0 saturated carbocycles. The van der Waals surface area contributed by atoms with E-state index in [1.54, 1.807) is 6.92 Å². The summed E-state index contributed by atoms with van der Waals surface area (Å²) in [6.45, 7) is 2.69. The van der Waals surface area contributed by atoms with Gasteiger partial charge in [0, 0.05) is 11.5 Å². The Hall–Kier alpha value is -1.26. The van der Waals surface area contributed by atoms with Gasteiger partial charge in [0.2, 0.25) is 0 Å². The van der Waals surface area contributed by atoms with Crippen LogP contribution in [0.25, 0.3) is 10.4 Å². The minimum Gasteiger partial charge on any atom is -0.465 e. The van der Waals surface area contributed by atoms with Crippen molar-refractivity contribution in [3.63, 3.8) is 0 Å². The molecule has 0 spiro atoms. The zero-order valence-corrected chi connectivity index (χ0v) is 7.43. The van der Waals surface area contributed by atoms with E-state index in [0.29, 0.717) is 19.6 Å². The fourth-order valence-electron chi connectivity index (χ4n) is 1.30. The first-order chi connectivity index (χ1) is 6.27. The summed E-state index contributed by atoms with van der Waals surface area (Å²) in [5.74, 6) is -0.266. The van der Waals surface area contributed by atoms with Crippen LogP contribution in [-0.4, -0.2) is 31.2 Å². The molecule has 2 atom stereocenters. The van der Waals surface area contributed by atoms with Crippen LogP contribution in [0.3, 0.4) is 0 Å². The van der Waals surface area contributed by atoms with Gasteiger partial charge in [0.25, 0.3) is 0 Å². The number of carbonyl (C=O) groups excluding carboxylic acids is 1. The number of rotatable bonds is 3. The fraction of sp³-hybridized carbons (Fsp3) is 0.857. The van der Waals surface area contributed by atoms with Gasteiger partial charge in [-0.2, -0.15) is 0 Å². The van der Waals surface area contributed by atoms with Crippen LogP contribution in [-0.2, 0) is 9.53 Å². The van der Waals surface area contributed by atoms with Gasteiger partial charge in [-0.1, -0.05) is 5.11 Å². The monoisotopic (exact) mass is 184 g/mol. The standard InChI is InChI=1S/C7H12N4O2/c1-2-13-7(12)6-3-5(4-9-6)10-11-8/h5-6,9H,2-4H2,1H3/t5-,6-/m0/s1. The third kappa shape index (κ3) is 2.61. The molecule has 72 valence electrons. The number of hydrogen-bond acceptors (Lipinski definition) is 4. The topological polar surface area (TPSA) is 87.1 Å². The van der Waals surface area contributed by atoms with Gasteiger partial charge in [0.05, 0.1) is 12.6 Å². The third-order valence-corrected chi connectivity index (χ3v) is 1.89. The Labute approximate surface area is 75.9 Å².